The molecule has 1 saturated heterocycles. The molecule has 8 nitrogen and oxygen atoms in total. The average Bonchev–Trinajstić information content (AvgIpc) is 3.33. The van der Waals surface area contributed by atoms with Crippen LogP contribution in [0, 0.1) is 0 Å². The van der Waals surface area contributed by atoms with Crippen molar-refractivity contribution in [3.63, 3.8) is 0 Å². The van der Waals surface area contributed by atoms with Gasteiger partial charge >= 0.3 is 0 Å². The Morgan fingerprint density at radius 2 is 2.00 bits per heavy atom. The minimum Gasteiger partial charge on any atom is -0.376 e. The van der Waals surface area contributed by atoms with Crippen molar-refractivity contribution < 1.29 is 4.74 Å². The number of aliphatic imine (C=N–C) groups is 1. The molecule has 1 atom stereocenters. The lowest BCUT2D eigenvalue weighted by atomic mass is 10.2. The van der Waals surface area contributed by atoms with Crippen molar-refractivity contribution >= 4 is 29.9 Å². The number of halogens is 1. The number of aromatic nitrogens is 3. The summed E-state index contributed by atoms with van der Waals surface area (Å²) in [6.45, 7) is 16.1. The van der Waals surface area contributed by atoms with E-state index < -0.39 is 0 Å². The lowest BCUT2D eigenvalue weighted by Gasteiger charge is -2.30. The number of aryl methyl sites for hydroxylation is 1. The molecule has 0 amide bonds. The molecule has 29 heavy (non-hydrogen) atoms. The first-order chi connectivity index (χ1) is 13.5. The van der Waals surface area contributed by atoms with E-state index in [0.29, 0.717) is 18.6 Å². The van der Waals surface area contributed by atoms with Crippen LogP contribution in [0.3, 0.4) is 0 Å². The van der Waals surface area contributed by atoms with Gasteiger partial charge in [0, 0.05) is 51.3 Å². The van der Waals surface area contributed by atoms with Gasteiger partial charge in [0.15, 0.2) is 5.96 Å². The molecule has 0 bridgehead atoms. The van der Waals surface area contributed by atoms with E-state index in [4.69, 9.17) is 9.73 Å². The maximum atomic E-state index is 5.71. The van der Waals surface area contributed by atoms with Crippen molar-refractivity contribution in [3.8, 4) is 0 Å². The Hall–Kier alpha value is -0.940. The molecule has 1 aromatic rings. The minimum absolute atomic E-state index is 0. The van der Waals surface area contributed by atoms with Gasteiger partial charge in [-0.1, -0.05) is 6.92 Å². The summed E-state index contributed by atoms with van der Waals surface area (Å²) >= 11 is 0. The van der Waals surface area contributed by atoms with Crippen molar-refractivity contribution in [1.82, 2.24) is 30.3 Å². The Bertz CT molecular complexity index is 577. The highest BCUT2D eigenvalue weighted by atomic mass is 127. The highest BCUT2D eigenvalue weighted by Crippen LogP contribution is 2.11. The summed E-state index contributed by atoms with van der Waals surface area (Å²) in [5.41, 5.74) is 0. The van der Waals surface area contributed by atoms with Gasteiger partial charge < -0.3 is 19.9 Å². The second-order valence-corrected chi connectivity index (χ2v) is 7.90. The van der Waals surface area contributed by atoms with Crippen molar-refractivity contribution in [2.45, 2.75) is 78.6 Å². The van der Waals surface area contributed by atoms with Crippen molar-refractivity contribution in [1.29, 1.82) is 0 Å². The molecule has 0 radical (unpaired) electrons. The van der Waals surface area contributed by atoms with E-state index in [1.54, 1.807) is 6.33 Å². The van der Waals surface area contributed by atoms with Gasteiger partial charge in [-0.05, 0) is 40.5 Å². The number of rotatable bonds is 11. The van der Waals surface area contributed by atoms with Crippen LogP contribution in [0.1, 0.15) is 53.3 Å². The van der Waals surface area contributed by atoms with Crippen LogP contribution in [0.4, 0.5) is 0 Å². The van der Waals surface area contributed by atoms with Crippen LogP contribution in [0.15, 0.2) is 11.3 Å². The minimum atomic E-state index is 0. The molecule has 1 fully saturated rings. The molecule has 0 aromatic carbocycles. The van der Waals surface area contributed by atoms with Crippen LogP contribution in [-0.2, 0) is 17.7 Å². The zero-order valence-electron chi connectivity index (χ0n) is 18.7. The molecule has 2 rings (SSSR count). The number of nitrogens with zero attached hydrogens (tertiary/aromatic N) is 5. The zero-order valence-corrected chi connectivity index (χ0v) is 21.1. The van der Waals surface area contributed by atoms with Crippen LogP contribution in [-0.4, -0.2) is 76.6 Å². The molecule has 168 valence electrons. The normalized spacial score (nSPS) is 17.2. The van der Waals surface area contributed by atoms with E-state index in [0.717, 1.165) is 63.8 Å². The topological polar surface area (TPSA) is 79.6 Å². The summed E-state index contributed by atoms with van der Waals surface area (Å²) in [7, 11) is 0. The van der Waals surface area contributed by atoms with E-state index in [1.807, 2.05) is 0 Å². The van der Waals surface area contributed by atoms with Gasteiger partial charge in [-0.2, -0.15) is 0 Å². The van der Waals surface area contributed by atoms with Gasteiger partial charge in [0.05, 0.1) is 12.6 Å². The van der Waals surface area contributed by atoms with E-state index in [-0.39, 0.29) is 30.1 Å². The number of ether oxygens (including phenoxy) is 1. The van der Waals surface area contributed by atoms with E-state index in [1.165, 1.54) is 0 Å². The molecule has 0 saturated carbocycles. The van der Waals surface area contributed by atoms with E-state index in [9.17, 15) is 0 Å². The Balaban J connectivity index is 0.00000420. The third-order valence-electron chi connectivity index (χ3n) is 5.12. The summed E-state index contributed by atoms with van der Waals surface area (Å²) in [5.74, 6) is 1.87. The third-order valence-corrected chi connectivity index (χ3v) is 5.12. The molecule has 9 heteroatoms. The van der Waals surface area contributed by atoms with E-state index >= 15 is 0 Å². The maximum Gasteiger partial charge on any atom is 0.191 e. The van der Waals surface area contributed by atoms with E-state index in [2.05, 4.69) is 64.9 Å². The smallest absolute Gasteiger partial charge is 0.191 e. The Morgan fingerprint density at radius 1 is 1.28 bits per heavy atom. The summed E-state index contributed by atoms with van der Waals surface area (Å²) in [5, 5.41) is 15.1. The molecule has 0 spiro atoms. The van der Waals surface area contributed by atoms with Gasteiger partial charge in [0.25, 0.3) is 0 Å². The first-order valence-corrected chi connectivity index (χ1v) is 10.8. The number of hydrogen-bond donors (Lipinski definition) is 2. The monoisotopic (exact) mass is 521 g/mol. The summed E-state index contributed by atoms with van der Waals surface area (Å²) < 4.78 is 7.80. The predicted molar refractivity (Wildman–Crippen MR) is 129 cm³/mol. The molecule has 1 aromatic heterocycles. The van der Waals surface area contributed by atoms with Gasteiger partial charge in [0.1, 0.15) is 12.2 Å². The fourth-order valence-electron chi connectivity index (χ4n) is 3.61. The summed E-state index contributed by atoms with van der Waals surface area (Å²) in [6, 6.07) is 1.06. The SMILES string of the molecule is CCc1nncn1CCNC(=NCC1CCCO1)NCCN(C(C)C)C(C)C.I. The van der Waals surface area contributed by atoms with Gasteiger partial charge in [-0.3, -0.25) is 9.89 Å². The van der Waals surface area contributed by atoms with Crippen molar-refractivity contribution in [2.75, 3.05) is 32.8 Å². The fraction of sp³-hybridized carbons (Fsp3) is 0.850. The zero-order chi connectivity index (χ0) is 20.4. The number of guanidine groups is 1. The van der Waals surface area contributed by atoms with Gasteiger partial charge in [-0.25, -0.2) is 0 Å². The first kappa shape index (κ1) is 26.1. The van der Waals surface area contributed by atoms with Gasteiger partial charge in [0.2, 0.25) is 0 Å². The fourth-order valence-corrected chi connectivity index (χ4v) is 3.61. The van der Waals surface area contributed by atoms with Crippen LogP contribution in [0.5, 0.6) is 0 Å². The summed E-state index contributed by atoms with van der Waals surface area (Å²) in [4.78, 5) is 7.25. The standard InChI is InChI=1S/C20H39N7O.HI/c1-6-19-25-24-15-26(19)11-9-21-20(23-14-18-8-7-13-28-18)22-10-12-27(16(2)3)17(4)5;/h15-18H,6-14H2,1-5H3,(H2,21,22,23);1H. The molecule has 1 aliphatic rings. The Morgan fingerprint density at radius 3 is 2.62 bits per heavy atom. The highest BCUT2D eigenvalue weighted by Gasteiger charge is 2.16. The molecule has 2 heterocycles. The van der Waals surface area contributed by atoms with Gasteiger partial charge in [-0.15, -0.1) is 34.2 Å². The van der Waals surface area contributed by atoms with Crippen LogP contribution in [0.25, 0.3) is 0 Å². The lowest BCUT2D eigenvalue weighted by Crippen LogP contribution is -2.46. The van der Waals surface area contributed by atoms with Crippen LogP contribution >= 0.6 is 24.0 Å². The molecule has 0 aliphatic carbocycles. The third kappa shape index (κ3) is 9.17. The molecular formula is C20H40IN7O. The molecule has 2 N–H and O–H groups in total. The van der Waals surface area contributed by atoms with Crippen molar-refractivity contribution in [3.05, 3.63) is 12.2 Å². The second kappa shape index (κ2) is 14.1. The average molecular weight is 521 g/mol. The largest absolute Gasteiger partial charge is 0.376 e. The Labute approximate surface area is 193 Å². The van der Waals surface area contributed by atoms with Crippen LogP contribution < -0.4 is 10.6 Å². The second-order valence-electron chi connectivity index (χ2n) is 7.90. The maximum absolute atomic E-state index is 5.71. The first-order valence-electron chi connectivity index (χ1n) is 10.8. The van der Waals surface area contributed by atoms with Crippen LogP contribution in [0.2, 0.25) is 0 Å². The molecule has 1 unspecified atom stereocenters. The van der Waals surface area contributed by atoms with Crippen molar-refractivity contribution in [2.24, 2.45) is 4.99 Å². The number of hydrogen-bond acceptors (Lipinski definition) is 5. The molecule has 1 aliphatic heterocycles. The quantitative estimate of drug-likeness (QED) is 0.264. The highest BCUT2D eigenvalue weighted by molar-refractivity contribution is 14.0. The summed E-state index contributed by atoms with van der Waals surface area (Å²) in [6.07, 6.45) is 5.18. The predicted octanol–water partition coefficient (Wildman–Crippen LogP) is 2.29. The molecular weight excluding hydrogens is 481 g/mol. The lowest BCUT2D eigenvalue weighted by molar-refractivity contribution is 0.117. The number of nitrogens with one attached hydrogen (secondary N) is 2. The Kier molecular flexibility index (Phi) is 12.7.